The normalized spacial score (nSPS) is 19.8. The molecule has 0 aromatic heterocycles. The van der Waals surface area contributed by atoms with Gasteiger partial charge in [0, 0.05) is 12.1 Å². The van der Waals surface area contributed by atoms with E-state index in [9.17, 15) is 0 Å². The van der Waals surface area contributed by atoms with Crippen LogP contribution in [0.2, 0.25) is 0 Å². The zero-order chi connectivity index (χ0) is 49.1. The van der Waals surface area contributed by atoms with Crippen molar-refractivity contribution in [1.82, 2.24) is 0 Å². The minimum atomic E-state index is 0.744. The Kier molecular flexibility index (Phi) is 25.1. The molecule has 2 aromatic carbocycles. The lowest BCUT2D eigenvalue weighted by molar-refractivity contribution is -0.914. The molecule has 0 spiro atoms. The number of benzene rings is 2. The Bertz CT molecular complexity index is 1500. The van der Waals surface area contributed by atoms with E-state index in [1.807, 2.05) is 0 Å². The van der Waals surface area contributed by atoms with Crippen LogP contribution in [-0.2, 0) is 0 Å². The summed E-state index contributed by atoms with van der Waals surface area (Å²) in [7, 11) is 9.89. The van der Waals surface area contributed by atoms with Gasteiger partial charge in [0.05, 0.1) is 133 Å². The quantitative estimate of drug-likeness (QED) is 0.0398. The highest BCUT2D eigenvalue weighted by atomic mass is 16.5. The molecule has 396 valence electrons. The Balaban J connectivity index is 1.02. The predicted octanol–water partition coefficient (Wildman–Crippen LogP) is 14.1. The van der Waals surface area contributed by atoms with Crippen molar-refractivity contribution in [3.8, 4) is 23.0 Å². The molecule has 6 rings (SSSR count). The van der Waals surface area contributed by atoms with Gasteiger partial charge in [0.25, 0.3) is 0 Å². The van der Waals surface area contributed by atoms with Gasteiger partial charge in [0.15, 0.2) is 0 Å². The molecule has 4 saturated heterocycles. The number of unbranched alkanes of at least 4 members (excludes halogenated alkanes) is 12. The molecule has 8 nitrogen and oxygen atoms in total. The summed E-state index contributed by atoms with van der Waals surface area (Å²) in [5, 5.41) is 0. The highest BCUT2D eigenvalue weighted by molar-refractivity contribution is 5.72. The van der Waals surface area contributed by atoms with E-state index < -0.39 is 0 Å². The van der Waals surface area contributed by atoms with Crippen LogP contribution in [0.1, 0.15) is 191 Å². The molecule has 0 unspecified atom stereocenters. The number of piperidine rings is 4. The van der Waals surface area contributed by atoms with E-state index >= 15 is 0 Å². The second kappa shape index (κ2) is 31.1. The maximum absolute atomic E-state index is 6.49. The predicted molar refractivity (Wildman–Crippen MR) is 296 cm³/mol. The van der Waals surface area contributed by atoms with E-state index in [4.69, 9.17) is 18.9 Å². The van der Waals surface area contributed by atoms with E-state index in [0.29, 0.717) is 0 Å². The highest BCUT2D eigenvalue weighted by Gasteiger charge is 2.26. The van der Waals surface area contributed by atoms with Crippen LogP contribution in [0, 0.1) is 0 Å². The molecule has 4 aliphatic rings. The van der Waals surface area contributed by atoms with Crippen LogP contribution in [0.25, 0.3) is 12.2 Å². The minimum Gasteiger partial charge on any atom is -0.493 e. The smallest absolute Gasteiger partial charge is 0.123 e. The van der Waals surface area contributed by atoms with Gasteiger partial charge in [-0.2, -0.15) is 0 Å². The third-order valence-corrected chi connectivity index (χ3v) is 17.3. The van der Waals surface area contributed by atoms with Gasteiger partial charge in [-0.15, -0.1) is 0 Å². The molecule has 8 heteroatoms. The second-order valence-corrected chi connectivity index (χ2v) is 24.3. The number of likely N-dealkylation sites (tertiary alicyclic amines) is 4. The van der Waals surface area contributed by atoms with Crippen LogP contribution in [0.15, 0.2) is 36.4 Å². The molecule has 0 bridgehead atoms. The van der Waals surface area contributed by atoms with Gasteiger partial charge in [-0.25, -0.2) is 0 Å². The number of ether oxygens (including phenoxy) is 4. The standard InChI is InChI=1S/C62H108N4O4/c1-63(39-21-13-22-40-63)35-17-5-9-29-47-67-59-51-57(52-60(55-59)68-48-30-10-6-18-36-64(2)41-23-14-24-42-64)33-34-58-53-61(69-49-31-11-7-19-37-65(3)43-25-15-26-44-65)56-62(54-58)70-50-32-12-8-20-38-66(4)45-27-16-28-46-66/h33-34,51-56H,5-32,35-50H2,1-4H3/q+4/b34-33+. The van der Waals surface area contributed by atoms with Crippen molar-refractivity contribution in [2.24, 2.45) is 0 Å². The number of rotatable bonds is 34. The molecule has 4 aliphatic heterocycles. The van der Waals surface area contributed by atoms with Crippen molar-refractivity contribution in [2.45, 2.75) is 180 Å². The van der Waals surface area contributed by atoms with Gasteiger partial charge in [-0.3, -0.25) is 0 Å². The Hall–Kier alpha value is -2.78. The largest absolute Gasteiger partial charge is 0.493 e. The summed E-state index contributed by atoms with van der Waals surface area (Å²) in [6.07, 6.45) is 41.0. The summed E-state index contributed by atoms with van der Waals surface area (Å²) in [5.74, 6) is 3.62. The second-order valence-electron chi connectivity index (χ2n) is 24.3. The third kappa shape index (κ3) is 22.1. The Labute approximate surface area is 430 Å². The molecule has 4 heterocycles. The van der Waals surface area contributed by atoms with Gasteiger partial charge in [0.1, 0.15) is 23.0 Å². The Morgan fingerprint density at radius 2 is 0.500 bits per heavy atom. The summed E-state index contributed by atoms with van der Waals surface area (Å²) in [6.45, 7) is 19.2. The maximum atomic E-state index is 6.49. The van der Waals surface area contributed by atoms with E-state index in [0.717, 1.165) is 86.2 Å². The summed E-state index contributed by atoms with van der Waals surface area (Å²) in [5.41, 5.74) is 2.19. The molecule has 0 atom stereocenters. The van der Waals surface area contributed by atoms with Crippen LogP contribution in [0.5, 0.6) is 23.0 Å². The van der Waals surface area contributed by atoms with Crippen LogP contribution in [0.3, 0.4) is 0 Å². The van der Waals surface area contributed by atoms with Crippen LogP contribution >= 0.6 is 0 Å². The molecular weight excluding hydrogens is 865 g/mol. The summed E-state index contributed by atoms with van der Waals surface area (Å²) in [6, 6.07) is 13.0. The molecular formula is C62H108N4O4+4. The van der Waals surface area contributed by atoms with Crippen LogP contribution < -0.4 is 18.9 Å². The average molecular weight is 974 g/mol. The van der Waals surface area contributed by atoms with Crippen molar-refractivity contribution in [1.29, 1.82) is 0 Å². The number of hydrogen-bond acceptors (Lipinski definition) is 4. The topological polar surface area (TPSA) is 36.9 Å². The van der Waals surface area contributed by atoms with E-state index in [2.05, 4.69) is 76.7 Å². The number of nitrogens with zero attached hydrogens (tertiary/aromatic N) is 4. The molecule has 0 aliphatic carbocycles. The van der Waals surface area contributed by atoms with Gasteiger partial charge in [0.2, 0.25) is 0 Å². The lowest BCUT2D eigenvalue weighted by Gasteiger charge is -2.37. The van der Waals surface area contributed by atoms with Crippen molar-refractivity contribution in [2.75, 3.05) is 133 Å². The zero-order valence-electron chi connectivity index (χ0n) is 46.2. The van der Waals surface area contributed by atoms with Gasteiger partial charge < -0.3 is 36.9 Å². The highest BCUT2D eigenvalue weighted by Crippen LogP contribution is 2.29. The number of quaternary nitrogens is 4. The van der Waals surface area contributed by atoms with E-state index in [1.54, 1.807) is 0 Å². The first-order chi connectivity index (χ1) is 34.1. The fourth-order valence-electron chi connectivity index (χ4n) is 12.5. The third-order valence-electron chi connectivity index (χ3n) is 17.3. The Morgan fingerprint density at radius 3 is 0.729 bits per heavy atom. The van der Waals surface area contributed by atoms with Crippen molar-refractivity contribution in [3.63, 3.8) is 0 Å². The van der Waals surface area contributed by atoms with Crippen LogP contribution in [-0.4, -0.2) is 151 Å². The van der Waals surface area contributed by atoms with Gasteiger partial charge in [-0.1, -0.05) is 12.2 Å². The average Bonchev–Trinajstić information content (AvgIpc) is 3.35. The van der Waals surface area contributed by atoms with Gasteiger partial charge in [-0.05, 0) is 215 Å². The molecule has 2 aromatic rings. The maximum Gasteiger partial charge on any atom is 0.123 e. The summed E-state index contributed by atoms with van der Waals surface area (Å²) < 4.78 is 31.1. The first-order valence-electron chi connectivity index (χ1n) is 29.9. The van der Waals surface area contributed by atoms with Crippen molar-refractivity contribution < 1.29 is 36.9 Å². The molecule has 0 amide bonds. The lowest BCUT2D eigenvalue weighted by Crippen LogP contribution is -2.48. The summed E-state index contributed by atoms with van der Waals surface area (Å²) >= 11 is 0. The first kappa shape index (κ1) is 56.5. The number of hydrogen-bond donors (Lipinski definition) is 0. The fraction of sp³-hybridized carbons (Fsp3) is 0.774. The van der Waals surface area contributed by atoms with Gasteiger partial charge >= 0.3 is 0 Å². The fourth-order valence-corrected chi connectivity index (χ4v) is 12.5. The van der Waals surface area contributed by atoms with Crippen molar-refractivity contribution in [3.05, 3.63) is 47.5 Å². The van der Waals surface area contributed by atoms with E-state index in [-0.39, 0.29) is 0 Å². The Morgan fingerprint density at radius 1 is 0.286 bits per heavy atom. The molecule has 0 saturated carbocycles. The van der Waals surface area contributed by atoms with Crippen LogP contribution in [0.4, 0.5) is 0 Å². The first-order valence-corrected chi connectivity index (χ1v) is 29.9. The van der Waals surface area contributed by atoms with Crippen molar-refractivity contribution >= 4 is 12.2 Å². The zero-order valence-corrected chi connectivity index (χ0v) is 46.2. The minimum absolute atomic E-state index is 0.744. The monoisotopic (exact) mass is 973 g/mol. The lowest BCUT2D eigenvalue weighted by atomic mass is 10.1. The molecule has 0 radical (unpaired) electrons. The molecule has 0 N–H and O–H groups in total. The van der Waals surface area contributed by atoms with E-state index in [1.165, 1.54) is 251 Å². The molecule has 4 fully saturated rings. The summed E-state index contributed by atoms with van der Waals surface area (Å²) in [4.78, 5) is 0. The molecule has 70 heavy (non-hydrogen) atoms. The SMILES string of the molecule is C[N+]1(CCCCCCOc2cc(/C=C/c3cc(OCCCCCC[N+]4(C)CCCCC4)cc(OCCCCCC[N+]4(C)CCCCC4)c3)cc(OCCCCCC[N+]3(C)CCCCC3)c2)CCCCC1.